The zero-order valence-corrected chi connectivity index (χ0v) is 16.1. The summed E-state index contributed by atoms with van der Waals surface area (Å²) in [4.78, 5) is 15.4. The normalized spacial score (nSPS) is 20.0. The van der Waals surface area contributed by atoms with Crippen molar-refractivity contribution in [2.24, 2.45) is 0 Å². The molecule has 2 fully saturated rings. The number of hydrogen-bond acceptors (Lipinski definition) is 7. The fourth-order valence-electron chi connectivity index (χ4n) is 4.04. The van der Waals surface area contributed by atoms with Gasteiger partial charge in [-0.1, -0.05) is 0 Å². The van der Waals surface area contributed by atoms with Crippen LogP contribution in [0.3, 0.4) is 0 Å². The van der Waals surface area contributed by atoms with Crippen LogP contribution in [0.1, 0.15) is 12.8 Å². The van der Waals surface area contributed by atoms with E-state index in [4.69, 9.17) is 4.74 Å². The van der Waals surface area contributed by atoms with Crippen LogP contribution in [0.4, 0.5) is 21.7 Å². The van der Waals surface area contributed by atoms with Gasteiger partial charge in [-0.05, 0) is 25.0 Å². The second kappa shape index (κ2) is 8.18. The largest absolute Gasteiger partial charge is 0.494 e. The Morgan fingerprint density at radius 1 is 1.07 bits per heavy atom. The molecule has 1 unspecified atom stereocenters. The van der Waals surface area contributed by atoms with Gasteiger partial charge >= 0.3 is 0 Å². The quantitative estimate of drug-likeness (QED) is 0.841. The highest BCUT2D eigenvalue weighted by atomic mass is 19.1. The van der Waals surface area contributed by atoms with Crippen molar-refractivity contribution >= 4 is 17.3 Å². The minimum Gasteiger partial charge on any atom is -0.494 e. The maximum Gasteiger partial charge on any atom is 0.167 e. The van der Waals surface area contributed by atoms with Gasteiger partial charge in [-0.2, -0.15) is 0 Å². The van der Waals surface area contributed by atoms with E-state index in [2.05, 4.69) is 24.7 Å². The predicted molar refractivity (Wildman–Crippen MR) is 107 cm³/mol. The zero-order chi connectivity index (χ0) is 19.5. The van der Waals surface area contributed by atoms with Gasteiger partial charge in [0.25, 0.3) is 0 Å². The number of benzene rings is 1. The standard InChI is InChI=1S/C20H26FN5O2/c1-28-18-5-4-15(11-17(18)21)24-7-9-25(10-8-24)19-12-20(23-14-22-19)26-6-2-3-16(26)13-27/h4-5,11-12,14,16,27H,2-3,6-10,13H2,1H3. The van der Waals surface area contributed by atoms with Gasteiger partial charge in [0.15, 0.2) is 11.6 Å². The molecule has 150 valence electrons. The van der Waals surface area contributed by atoms with Crippen molar-refractivity contribution < 1.29 is 14.2 Å². The van der Waals surface area contributed by atoms with Crippen LogP contribution in [0.15, 0.2) is 30.6 Å². The first-order valence-electron chi connectivity index (χ1n) is 9.72. The van der Waals surface area contributed by atoms with E-state index in [0.29, 0.717) is 0 Å². The van der Waals surface area contributed by atoms with E-state index < -0.39 is 0 Å². The summed E-state index contributed by atoms with van der Waals surface area (Å²) in [6.07, 6.45) is 3.66. The summed E-state index contributed by atoms with van der Waals surface area (Å²) in [6, 6.07) is 7.24. The smallest absolute Gasteiger partial charge is 0.167 e. The van der Waals surface area contributed by atoms with E-state index in [1.807, 2.05) is 12.1 Å². The highest BCUT2D eigenvalue weighted by molar-refractivity contribution is 5.54. The van der Waals surface area contributed by atoms with E-state index in [1.165, 1.54) is 13.2 Å². The Bertz CT molecular complexity index is 813. The molecule has 1 aromatic heterocycles. The number of methoxy groups -OCH3 is 1. The lowest BCUT2D eigenvalue weighted by atomic mass is 10.2. The van der Waals surface area contributed by atoms with Crippen molar-refractivity contribution in [1.82, 2.24) is 9.97 Å². The molecule has 2 saturated heterocycles. The molecule has 28 heavy (non-hydrogen) atoms. The monoisotopic (exact) mass is 387 g/mol. The molecule has 0 amide bonds. The minimum atomic E-state index is -0.341. The second-order valence-corrected chi connectivity index (χ2v) is 7.20. The number of nitrogens with zero attached hydrogens (tertiary/aromatic N) is 5. The third-order valence-corrected chi connectivity index (χ3v) is 5.62. The van der Waals surface area contributed by atoms with Gasteiger partial charge in [0.05, 0.1) is 19.8 Å². The molecule has 1 atom stereocenters. The molecule has 1 aromatic carbocycles. The SMILES string of the molecule is COc1ccc(N2CCN(c3cc(N4CCCC4CO)ncn3)CC2)cc1F. The third kappa shape index (κ3) is 3.69. The van der Waals surface area contributed by atoms with Crippen LogP contribution >= 0.6 is 0 Å². The molecule has 2 aliphatic heterocycles. The lowest BCUT2D eigenvalue weighted by Gasteiger charge is -2.37. The van der Waals surface area contributed by atoms with Gasteiger partial charge < -0.3 is 24.5 Å². The Balaban J connectivity index is 1.42. The third-order valence-electron chi connectivity index (χ3n) is 5.62. The highest BCUT2D eigenvalue weighted by Crippen LogP contribution is 2.28. The number of rotatable bonds is 5. The van der Waals surface area contributed by atoms with E-state index in [9.17, 15) is 9.50 Å². The molecule has 8 heteroatoms. The van der Waals surface area contributed by atoms with Crippen molar-refractivity contribution in [3.63, 3.8) is 0 Å². The van der Waals surface area contributed by atoms with E-state index in [1.54, 1.807) is 12.4 Å². The van der Waals surface area contributed by atoms with Crippen molar-refractivity contribution in [3.8, 4) is 5.75 Å². The zero-order valence-electron chi connectivity index (χ0n) is 16.1. The molecular formula is C20H26FN5O2. The second-order valence-electron chi connectivity index (χ2n) is 7.20. The molecule has 3 heterocycles. The molecule has 0 radical (unpaired) electrons. The summed E-state index contributed by atoms with van der Waals surface area (Å²) < 4.78 is 19.0. The van der Waals surface area contributed by atoms with Gasteiger partial charge in [0.1, 0.15) is 18.0 Å². The van der Waals surface area contributed by atoms with E-state index in [-0.39, 0.29) is 24.2 Å². The molecule has 0 aliphatic carbocycles. The van der Waals surface area contributed by atoms with Gasteiger partial charge in [-0.3, -0.25) is 0 Å². The minimum absolute atomic E-state index is 0.143. The van der Waals surface area contributed by atoms with Crippen LogP contribution < -0.4 is 19.4 Å². The van der Waals surface area contributed by atoms with Crippen LogP contribution in [0, 0.1) is 5.82 Å². The number of aromatic nitrogens is 2. The van der Waals surface area contributed by atoms with Crippen LogP contribution in [-0.4, -0.2) is 67.6 Å². The van der Waals surface area contributed by atoms with Gasteiger partial charge in [0.2, 0.25) is 0 Å². The fourth-order valence-corrected chi connectivity index (χ4v) is 4.04. The Morgan fingerprint density at radius 2 is 1.82 bits per heavy atom. The molecular weight excluding hydrogens is 361 g/mol. The topological polar surface area (TPSA) is 65.0 Å². The van der Waals surface area contributed by atoms with Crippen molar-refractivity contribution in [3.05, 3.63) is 36.4 Å². The van der Waals surface area contributed by atoms with Gasteiger partial charge in [0, 0.05) is 50.5 Å². The van der Waals surface area contributed by atoms with Gasteiger partial charge in [-0.25, -0.2) is 14.4 Å². The number of piperazine rings is 1. The Morgan fingerprint density at radius 3 is 2.54 bits per heavy atom. The van der Waals surface area contributed by atoms with Crippen LogP contribution in [0.2, 0.25) is 0 Å². The van der Waals surface area contributed by atoms with E-state index in [0.717, 1.165) is 62.9 Å². The summed E-state index contributed by atoms with van der Waals surface area (Å²) in [7, 11) is 1.47. The molecule has 7 nitrogen and oxygen atoms in total. The highest BCUT2D eigenvalue weighted by Gasteiger charge is 2.26. The first-order chi connectivity index (χ1) is 13.7. The summed E-state index contributed by atoms with van der Waals surface area (Å²) in [5.74, 6) is 1.70. The van der Waals surface area contributed by atoms with Crippen molar-refractivity contribution in [2.45, 2.75) is 18.9 Å². The Labute approximate surface area is 164 Å². The van der Waals surface area contributed by atoms with Crippen LogP contribution in [0.25, 0.3) is 0 Å². The fraction of sp³-hybridized carbons (Fsp3) is 0.500. The number of aliphatic hydroxyl groups is 1. The first-order valence-corrected chi connectivity index (χ1v) is 9.72. The Kier molecular flexibility index (Phi) is 5.47. The molecule has 0 saturated carbocycles. The maximum absolute atomic E-state index is 14.0. The predicted octanol–water partition coefficient (Wildman–Crippen LogP) is 1.91. The van der Waals surface area contributed by atoms with Crippen LogP contribution in [-0.2, 0) is 0 Å². The molecule has 0 spiro atoms. The maximum atomic E-state index is 14.0. The number of hydrogen-bond donors (Lipinski definition) is 1. The summed E-state index contributed by atoms with van der Waals surface area (Å²) in [5, 5.41) is 9.57. The molecule has 4 rings (SSSR count). The number of anilines is 3. The summed E-state index contributed by atoms with van der Waals surface area (Å²) in [5.41, 5.74) is 0.865. The number of ether oxygens (including phenoxy) is 1. The summed E-state index contributed by atoms with van der Waals surface area (Å²) >= 11 is 0. The summed E-state index contributed by atoms with van der Waals surface area (Å²) in [6.45, 7) is 4.23. The first kappa shape index (κ1) is 18.7. The van der Waals surface area contributed by atoms with Crippen molar-refractivity contribution in [1.29, 1.82) is 0 Å². The lowest BCUT2D eigenvalue weighted by molar-refractivity contribution is 0.266. The van der Waals surface area contributed by atoms with Crippen LogP contribution in [0.5, 0.6) is 5.75 Å². The average molecular weight is 387 g/mol. The molecule has 2 aliphatic rings. The molecule has 0 bridgehead atoms. The molecule has 2 aromatic rings. The van der Waals surface area contributed by atoms with E-state index >= 15 is 0 Å². The molecule has 1 N–H and O–H groups in total. The van der Waals surface area contributed by atoms with Crippen molar-refractivity contribution in [2.75, 3.05) is 61.1 Å². The van der Waals surface area contributed by atoms with Gasteiger partial charge in [-0.15, -0.1) is 0 Å². The lowest BCUT2D eigenvalue weighted by Crippen LogP contribution is -2.47. The number of halogens is 1. The average Bonchev–Trinajstić information content (AvgIpc) is 3.23. The Hall–Kier alpha value is -2.61. The number of aliphatic hydroxyl groups excluding tert-OH is 1.